The summed E-state index contributed by atoms with van der Waals surface area (Å²) in [7, 11) is 0.0549. The molecule has 3 atom stereocenters. The first-order valence-corrected chi connectivity index (χ1v) is 12.9. The molecule has 1 aromatic rings. The monoisotopic (exact) mass is 393 g/mol. The van der Waals surface area contributed by atoms with Crippen molar-refractivity contribution < 1.29 is 14.3 Å². The lowest BCUT2D eigenvalue weighted by Gasteiger charge is -2.36. The smallest absolute Gasteiger partial charge is 0.225 e. The summed E-state index contributed by atoms with van der Waals surface area (Å²) in [6.45, 7) is 15.8. The summed E-state index contributed by atoms with van der Waals surface area (Å²) in [4.78, 5) is 14.4. The van der Waals surface area contributed by atoms with Crippen LogP contribution in [0.4, 0.5) is 0 Å². The Morgan fingerprint density at radius 3 is 2.26 bits per heavy atom. The molecule has 0 aliphatic carbocycles. The van der Waals surface area contributed by atoms with E-state index in [9.17, 15) is 9.90 Å². The van der Waals surface area contributed by atoms with Gasteiger partial charge in [-0.25, -0.2) is 0 Å². The van der Waals surface area contributed by atoms with Crippen molar-refractivity contribution in [2.24, 2.45) is 5.92 Å². The van der Waals surface area contributed by atoms with Crippen molar-refractivity contribution in [1.29, 1.82) is 0 Å². The Hall–Kier alpha value is -1.17. The highest BCUT2D eigenvalue weighted by molar-refractivity contribution is 6.74. The zero-order valence-corrected chi connectivity index (χ0v) is 19.5. The molecule has 0 spiro atoms. The maximum atomic E-state index is 12.8. The normalized spacial score (nSPS) is 15.9. The molecule has 1 amide bonds. The summed E-state index contributed by atoms with van der Waals surface area (Å²) in [5, 5.41) is 10.8. The molecule has 1 N–H and O–H groups in total. The highest BCUT2D eigenvalue weighted by atomic mass is 28.4. The van der Waals surface area contributed by atoms with Gasteiger partial charge in [0.2, 0.25) is 5.91 Å². The van der Waals surface area contributed by atoms with Gasteiger partial charge in [-0.05, 0) is 43.5 Å². The number of rotatable bonds is 9. The minimum atomic E-state index is -1.72. The van der Waals surface area contributed by atoms with Crippen molar-refractivity contribution >= 4 is 14.2 Å². The standard InChI is InChI=1S/C22H39NO3Si/c1-17(13-12-16-26-27(7,8)22(3,4)5)21(25)23(6)18(2)20(24)19-14-10-9-11-15-19/h9-11,14-15,17-18,20,24H,12-13,16H2,1-8H3/t17-,18+,20-/m0/s1. The van der Waals surface area contributed by atoms with Gasteiger partial charge in [0.25, 0.3) is 0 Å². The number of likely N-dealkylation sites (N-methyl/N-ethyl adjacent to an activating group) is 1. The van der Waals surface area contributed by atoms with Gasteiger partial charge in [0, 0.05) is 19.6 Å². The van der Waals surface area contributed by atoms with Crippen LogP contribution in [0.5, 0.6) is 0 Å². The van der Waals surface area contributed by atoms with Crippen molar-refractivity contribution in [3.63, 3.8) is 0 Å². The van der Waals surface area contributed by atoms with Gasteiger partial charge >= 0.3 is 0 Å². The fraction of sp³-hybridized carbons (Fsp3) is 0.682. The molecule has 0 saturated heterocycles. The van der Waals surface area contributed by atoms with Crippen LogP contribution in [0, 0.1) is 5.92 Å². The van der Waals surface area contributed by atoms with E-state index in [0.717, 1.165) is 18.4 Å². The fourth-order valence-corrected chi connectivity index (χ4v) is 3.83. The second-order valence-electron chi connectivity index (χ2n) is 9.20. The predicted octanol–water partition coefficient (Wildman–Crippen LogP) is 5.01. The molecule has 154 valence electrons. The molecule has 0 bridgehead atoms. The first-order valence-electron chi connectivity index (χ1n) is 10.0. The average Bonchev–Trinajstić information content (AvgIpc) is 2.62. The van der Waals surface area contributed by atoms with Crippen molar-refractivity contribution in [3.05, 3.63) is 35.9 Å². The van der Waals surface area contributed by atoms with Crippen LogP contribution in [0.3, 0.4) is 0 Å². The Morgan fingerprint density at radius 2 is 1.74 bits per heavy atom. The van der Waals surface area contributed by atoms with Crippen LogP contribution < -0.4 is 0 Å². The Bertz CT molecular complexity index is 583. The Morgan fingerprint density at radius 1 is 1.19 bits per heavy atom. The highest BCUT2D eigenvalue weighted by Crippen LogP contribution is 2.36. The van der Waals surface area contributed by atoms with E-state index in [-0.39, 0.29) is 22.9 Å². The van der Waals surface area contributed by atoms with Crippen molar-refractivity contribution in [3.8, 4) is 0 Å². The molecular weight excluding hydrogens is 354 g/mol. The molecule has 1 aromatic carbocycles. The third kappa shape index (κ3) is 6.73. The molecule has 5 heteroatoms. The van der Waals surface area contributed by atoms with Gasteiger partial charge < -0.3 is 14.4 Å². The number of hydrogen-bond donors (Lipinski definition) is 1. The summed E-state index contributed by atoms with van der Waals surface area (Å²) in [5.74, 6) is -0.00625. The van der Waals surface area contributed by atoms with E-state index in [1.54, 1.807) is 11.9 Å². The van der Waals surface area contributed by atoms with E-state index < -0.39 is 14.4 Å². The van der Waals surface area contributed by atoms with Gasteiger partial charge in [0.15, 0.2) is 8.32 Å². The first kappa shape index (κ1) is 23.9. The number of benzene rings is 1. The van der Waals surface area contributed by atoms with Crippen LogP contribution in [0.1, 0.15) is 59.1 Å². The van der Waals surface area contributed by atoms with Gasteiger partial charge in [0.1, 0.15) is 0 Å². The number of amides is 1. The van der Waals surface area contributed by atoms with Crippen LogP contribution in [0.15, 0.2) is 30.3 Å². The highest BCUT2D eigenvalue weighted by Gasteiger charge is 2.37. The Balaban J connectivity index is 2.51. The summed E-state index contributed by atoms with van der Waals surface area (Å²) in [6.07, 6.45) is 0.990. The molecule has 0 aromatic heterocycles. The van der Waals surface area contributed by atoms with Crippen LogP contribution in [0.25, 0.3) is 0 Å². The third-order valence-corrected chi connectivity index (χ3v) is 10.6. The van der Waals surface area contributed by atoms with Gasteiger partial charge in [-0.2, -0.15) is 0 Å². The van der Waals surface area contributed by atoms with E-state index in [0.29, 0.717) is 6.61 Å². The van der Waals surface area contributed by atoms with Crippen molar-refractivity contribution in [2.75, 3.05) is 13.7 Å². The van der Waals surface area contributed by atoms with Crippen LogP contribution in [0.2, 0.25) is 18.1 Å². The lowest BCUT2D eigenvalue weighted by atomic mass is 9.99. The second-order valence-corrected chi connectivity index (χ2v) is 14.0. The molecular formula is C22H39NO3Si. The topological polar surface area (TPSA) is 49.8 Å². The molecule has 1 rings (SSSR count). The minimum absolute atomic E-state index is 0.0739. The summed E-state index contributed by atoms with van der Waals surface area (Å²) in [6, 6.07) is 9.23. The molecule has 0 heterocycles. The van der Waals surface area contributed by atoms with E-state index >= 15 is 0 Å². The van der Waals surface area contributed by atoms with Crippen LogP contribution in [-0.2, 0) is 9.22 Å². The maximum absolute atomic E-state index is 12.8. The van der Waals surface area contributed by atoms with Crippen molar-refractivity contribution in [2.45, 2.75) is 77.7 Å². The molecule has 0 aliphatic rings. The van der Waals surface area contributed by atoms with Crippen LogP contribution in [-0.4, -0.2) is 43.9 Å². The van der Waals surface area contributed by atoms with E-state index in [2.05, 4.69) is 33.9 Å². The predicted molar refractivity (Wildman–Crippen MR) is 115 cm³/mol. The molecule has 0 aliphatic heterocycles. The average molecular weight is 394 g/mol. The van der Waals surface area contributed by atoms with E-state index in [4.69, 9.17) is 4.43 Å². The van der Waals surface area contributed by atoms with Crippen LogP contribution >= 0.6 is 0 Å². The van der Waals surface area contributed by atoms with Gasteiger partial charge in [0.05, 0.1) is 12.1 Å². The number of nitrogens with zero attached hydrogens (tertiary/aromatic N) is 1. The largest absolute Gasteiger partial charge is 0.417 e. The maximum Gasteiger partial charge on any atom is 0.225 e. The SMILES string of the molecule is C[C@H]([C@H](O)c1ccccc1)N(C)C(=O)[C@@H](C)CCCO[Si](C)(C)C(C)(C)C. The fourth-order valence-electron chi connectivity index (χ4n) is 2.75. The number of carbonyl (C=O) groups is 1. The summed E-state index contributed by atoms with van der Waals surface area (Å²) in [5.41, 5.74) is 0.833. The van der Waals surface area contributed by atoms with Gasteiger partial charge in [-0.3, -0.25) is 4.79 Å². The number of carbonyl (C=O) groups excluding carboxylic acids is 1. The Labute approximate surface area is 167 Å². The molecule has 0 radical (unpaired) electrons. The molecule has 0 unspecified atom stereocenters. The van der Waals surface area contributed by atoms with Gasteiger partial charge in [-0.15, -0.1) is 0 Å². The van der Waals surface area contributed by atoms with Gasteiger partial charge in [-0.1, -0.05) is 58.0 Å². The minimum Gasteiger partial charge on any atom is -0.417 e. The number of aliphatic hydroxyl groups excluding tert-OH is 1. The molecule has 0 saturated carbocycles. The Kier molecular flexibility index (Phi) is 8.71. The third-order valence-electron chi connectivity index (χ3n) is 6.03. The quantitative estimate of drug-likeness (QED) is 0.474. The van der Waals surface area contributed by atoms with Crippen molar-refractivity contribution in [1.82, 2.24) is 4.90 Å². The molecule has 4 nitrogen and oxygen atoms in total. The number of hydrogen-bond acceptors (Lipinski definition) is 3. The first-order chi connectivity index (χ1) is 12.4. The number of aliphatic hydroxyl groups is 1. The van der Waals surface area contributed by atoms with E-state index in [1.165, 1.54) is 0 Å². The molecule has 27 heavy (non-hydrogen) atoms. The zero-order valence-electron chi connectivity index (χ0n) is 18.5. The lowest BCUT2D eigenvalue weighted by molar-refractivity contribution is -0.138. The molecule has 0 fully saturated rings. The van der Waals surface area contributed by atoms with E-state index in [1.807, 2.05) is 44.2 Å². The zero-order chi connectivity index (χ0) is 20.8. The second kappa shape index (κ2) is 9.85. The lowest BCUT2D eigenvalue weighted by Crippen LogP contribution is -2.42. The summed E-state index contributed by atoms with van der Waals surface area (Å²) >= 11 is 0. The summed E-state index contributed by atoms with van der Waals surface area (Å²) < 4.78 is 6.20.